The monoisotopic (exact) mass is 223 g/mol. The van der Waals surface area contributed by atoms with Crippen molar-refractivity contribution in [2.75, 3.05) is 13.7 Å². The number of carboxylic acids is 1. The number of methoxy groups -OCH3 is 1. The number of ether oxygens (including phenoxy) is 1. The highest BCUT2D eigenvalue weighted by atomic mass is 16.5. The quantitative estimate of drug-likeness (QED) is 0.792. The molecule has 0 spiro atoms. The molecule has 5 heteroatoms. The van der Waals surface area contributed by atoms with E-state index in [0.717, 1.165) is 5.56 Å². The lowest BCUT2D eigenvalue weighted by Gasteiger charge is -2.07. The summed E-state index contributed by atoms with van der Waals surface area (Å²) in [4.78, 5) is 21.8. The zero-order valence-electron chi connectivity index (χ0n) is 9.11. The maximum Gasteiger partial charge on any atom is 0.322 e. The van der Waals surface area contributed by atoms with Gasteiger partial charge in [0.1, 0.15) is 12.3 Å². The van der Waals surface area contributed by atoms with Crippen molar-refractivity contribution in [2.45, 2.75) is 6.92 Å². The zero-order valence-corrected chi connectivity index (χ0v) is 9.11. The van der Waals surface area contributed by atoms with Crippen LogP contribution in [0.25, 0.3) is 0 Å². The lowest BCUT2D eigenvalue weighted by atomic mass is 10.1. The molecule has 0 radical (unpaired) electrons. The summed E-state index contributed by atoms with van der Waals surface area (Å²) in [5.74, 6) is -0.811. The zero-order chi connectivity index (χ0) is 12.1. The molecule has 0 atom stereocenters. The van der Waals surface area contributed by atoms with Crippen LogP contribution in [0.5, 0.6) is 5.75 Å². The maximum atomic E-state index is 11.6. The normalized spacial score (nSPS) is 9.62. The van der Waals surface area contributed by atoms with E-state index in [1.807, 2.05) is 0 Å². The fourth-order valence-corrected chi connectivity index (χ4v) is 1.27. The predicted molar refractivity (Wildman–Crippen MR) is 57.7 cm³/mol. The third-order valence-corrected chi connectivity index (χ3v) is 2.08. The first-order chi connectivity index (χ1) is 7.54. The van der Waals surface area contributed by atoms with Gasteiger partial charge >= 0.3 is 5.97 Å². The number of nitrogens with one attached hydrogen (secondary N) is 1. The molecule has 0 unspecified atom stereocenters. The highest BCUT2D eigenvalue weighted by Gasteiger charge is 2.10. The highest BCUT2D eigenvalue weighted by molar-refractivity contribution is 5.97. The Morgan fingerprint density at radius 3 is 2.62 bits per heavy atom. The molecule has 0 aliphatic carbocycles. The molecule has 1 rings (SSSR count). The Kier molecular flexibility index (Phi) is 3.88. The summed E-state index contributed by atoms with van der Waals surface area (Å²) in [6, 6.07) is 4.98. The Morgan fingerprint density at radius 1 is 1.44 bits per heavy atom. The Hall–Kier alpha value is -2.04. The van der Waals surface area contributed by atoms with E-state index in [1.165, 1.54) is 0 Å². The molecule has 0 aromatic heterocycles. The van der Waals surface area contributed by atoms with Gasteiger partial charge in [-0.25, -0.2) is 0 Å². The molecule has 0 fully saturated rings. The van der Waals surface area contributed by atoms with Crippen molar-refractivity contribution in [1.82, 2.24) is 5.32 Å². The smallest absolute Gasteiger partial charge is 0.322 e. The Bertz CT molecular complexity index is 414. The summed E-state index contributed by atoms with van der Waals surface area (Å²) in [7, 11) is 1.54. The fourth-order valence-electron chi connectivity index (χ4n) is 1.27. The number of aliphatic carboxylic acids is 1. The molecule has 1 aromatic carbocycles. The van der Waals surface area contributed by atoms with Gasteiger partial charge in [0.2, 0.25) is 0 Å². The Morgan fingerprint density at radius 2 is 2.12 bits per heavy atom. The summed E-state index contributed by atoms with van der Waals surface area (Å²) in [5.41, 5.74) is 1.18. The lowest BCUT2D eigenvalue weighted by Crippen LogP contribution is -2.29. The molecular formula is C11H13NO4. The first-order valence-corrected chi connectivity index (χ1v) is 4.69. The van der Waals surface area contributed by atoms with Crippen LogP contribution in [0, 0.1) is 6.92 Å². The van der Waals surface area contributed by atoms with Crippen molar-refractivity contribution in [3.05, 3.63) is 29.3 Å². The van der Waals surface area contributed by atoms with Gasteiger partial charge in [-0.15, -0.1) is 0 Å². The minimum atomic E-state index is -1.07. The van der Waals surface area contributed by atoms with Crippen LogP contribution in [0.15, 0.2) is 18.2 Å². The molecule has 0 bridgehead atoms. The van der Waals surface area contributed by atoms with Gasteiger partial charge in [0.05, 0.1) is 7.11 Å². The van der Waals surface area contributed by atoms with Gasteiger partial charge in [0.25, 0.3) is 5.91 Å². The van der Waals surface area contributed by atoms with Gasteiger partial charge < -0.3 is 15.2 Å². The van der Waals surface area contributed by atoms with Crippen LogP contribution in [0.2, 0.25) is 0 Å². The SMILES string of the molecule is COc1ccc(C(=O)NCC(=O)O)c(C)c1. The van der Waals surface area contributed by atoms with Crippen LogP contribution in [-0.4, -0.2) is 30.6 Å². The number of amides is 1. The van der Waals surface area contributed by atoms with E-state index < -0.39 is 11.9 Å². The number of aryl methyl sites for hydroxylation is 1. The number of carboxylic acid groups (broad SMARTS) is 1. The molecular weight excluding hydrogens is 210 g/mol. The number of carbonyl (C=O) groups excluding carboxylic acids is 1. The fraction of sp³-hybridized carbons (Fsp3) is 0.273. The van der Waals surface area contributed by atoms with Crippen molar-refractivity contribution in [2.24, 2.45) is 0 Å². The molecule has 1 aromatic rings. The third-order valence-electron chi connectivity index (χ3n) is 2.08. The van der Waals surface area contributed by atoms with Crippen molar-refractivity contribution < 1.29 is 19.4 Å². The minimum absolute atomic E-state index is 0.385. The van der Waals surface area contributed by atoms with E-state index in [4.69, 9.17) is 9.84 Å². The van der Waals surface area contributed by atoms with Gasteiger partial charge in [0.15, 0.2) is 0 Å². The standard InChI is InChI=1S/C11H13NO4/c1-7-5-8(16-2)3-4-9(7)11(15)12-6-10(13)14/h3-5H,6H2,1-2H3,(H,12,15)(H,13,14). The first kappa shape index (κ1) is 12.0. The van der Waals surface area contributed by atoms with Crippen LogP contribution in [0.3, 0.4) is 0 Å². The third kappa shape index (κ3) is 2.98. The van der Waals surface area contributed by atoms with Gasteiger partial charge in [0, 0.05) is 5.56 Å². The second-order valence-electron chi connectivity index (χ2n) is 3.26. The predicted octanol–water partition coefficient (Wildman–Crippen LogP) is 0.818. The van der Waals surface area contributed by atoms with Crippen molar-refractivity contribution in [3.63, 3.8) is 0 Å². The average molecular weight is 223 g/mol. The molecule has 0 saturated heterocycles. The van der Waals surface area contributed by atoms with E-state index in [1.54, 1.807) is 32.2 Å². The average Bonchev–Trinajstić information content (AvgIpc) is 2.25. The van der Waals surface area contributed by atoms with Crippen LogP contribution >= 0.6 is 0 Å². The van der Waals surface area contributed by atoms with E-state index >= 15 is 0 Å². The van der Waals surface area contributed by atoms with E-state index in [-0.39, 0.29) is 6.54 Å². The van der Waals surface area contributed by atoms with Gasteiger partial charge in [-0.2, -0.15) is 0 Å². The number of hydrogen-bond acceptors (Lipinski definition) is 3. The van der Waals surface area contributed by atoms with Gasteiger partial charge in [-0.1, -0.05) is 0 Å². The van der Waals surface area contributed by atoms with E-state index in [2.05, 4.69) is 5.32 Å². The Labute approximate surface area is 93.0 Å². The summed E-state index contributed by atoms with van der Waals surface area (Å²) in [6.07, 6.45) is 0. The molecule has 86 valence electrons. The number of hydrogen-bond donors (Lipinski definition) is 2. The van der Waals surface area contributed by atoms with Gasteiger partial charge in [-0.05, 0) is 30.7 Å². The summed E-state index contributed by atoms with van der Waals surface area (Å²) >= 11 is 0. The second-order valence-corrected chi connectivity index (χ2v) is 3.26. The molecule has 0 aliphatic heterocycles. The van der Waals surface area contributed by atoms with E-state index in [9.17, 15) is 9.59 Å². The van der Waals surface area contributed by atoms with Gasteiger partial charge in [-0.3, -0.25) is 9.59 Å². The maximum absolute atomic E-state index is 11.6. The first-order valence-electron chi connectivity index (χ1n) is 4.69. The van der Waals surface area contributed by atoms with Crippen molar-refractivity contribution >= 4 is 11.9 Å². The van der Waals surface area contributed by atoms with Crippen LogP contribution < -0.4 is 10.1 Å². The minimum Gasteiger partial charge on any atom is -0.497 e. The van der Waals surface area contributed by atoms with Crippen molar-refractivity contribution in [1.29, 1.82) is 0 Å². The lowest BCUT2D eigenvalue weighted by molar-refractivity contribution is -0.135. The van der Waals surface area contributed by atoms with Crippen LogP contribution in [0.1, 0.15) is 15.9 Å². The number of benzene rings is 1. The van der Waals surface area contributed by atoms with E-state index in [0.29, 0.717) is 11.3 Å². The number of rotatable bonds is 4. The molecule has 16 heavy (non-hydrogen) atoms. The van der Waals surface area contributed by atoms with Crippen LogP contribution in [-0.2, 0) is 4.79 Å². The molecule has 0 saturated carbocycles. The topological polar surface area (TPSA) is 75.6 Å². The molecule has 0 heterocycles. The molecule has 0 aliphatic rings. The second kappa shape index (κ2) is 5.16. The Balaban J connectivity index is 2.79. The largest absolute Gasteiger partial charge is 0.497 e. The van der Waals surface area contributed by atoms with Crippen LogP contribution in [0.4, 0.5) is 0 Å². The summed E-state index contributed by atoms with van der Waals surface area (Å²) in [5, 5.41) is 10.7. The molecule has 1 amide bonds. The summed E-state index contributed by atoms with van der Waals surface area (Å²) < 4.78 is 5.00. The highest BCUT2D eigenvalue weighted by Crippen LogP contribution is 2.16. The number of carbonyl (C=O) groups is 2. The molecule has 5 nitrogen and oxygen atoms in total. The summed E-state index contributed by atoms with van der Waals surface area (Å²) in [6.45, 7) is 1.38. The molecule has 2 N–H and O–H groups in total. The van der Waals surface area contributed by atoms with Crippen molar-refractivity contribution in [3.8, 4) is 5.75 Å².